The van der Waals surface area contributed by atoms with Crippen LogP contribution in [0.4, 0.5) is 4.79 Å². The molecule has 8 heteroatoms. The van der Waals surface area contributed by atoms with Crippen LogP contribution in [0.1, 0.15) is 60.8 Å². The first-order chi connectivity index (χ1) is 16.2. The SMILES string of the molecule is CC(=O)O[C@H]1/C=C/[C@H](C)[C@@H](/C(C)=C/C=C/[C@@H](C)COC(=O)N(C)C)OC(=O)C[C@H](C)CC[C@@]1(C)O. The van der Waals surface area contributed by atoms with Gasteiger partial charge >= 0.3 is 18.0 Å². The van der Waals surface area contributed by atoms with Crippen molar-refractivity contribution in [3.05, 3.63) is 36.0 Å². The quantitative estimate of drug-likeness (QED) is 0.253. The summed E-state index contributed by atoms with van der Waals surface area (Å²) in [4.78, 5) is 37.2. The number of carbonyl (C=O) groups is 3. The minimum Gasteiger partial charge on any atom is -0.457 e. The van der Waals surface area contributed by atoms with Gasteiger partial charge in [0.2, 0.25) is 0 Å². The molecule has 0 saturated heterocycles. The Kier molecular flexibility index (Phi) is 12.2. The zero-order valence-electron chi connectivity index (χ0n) is 22.4. The molecule has 1 rings (SSSR count). The fourth-order valence-electron chi connectivity index (χ4n) is 3.68. The van der Waals surface area contributed by atoms with E-state index in [4.69, 9.17) is 14.2 Å². The molecule has 0 radical (unpaired) electrons. The van der Waals surface area contributed by atoms with Crippen LogP contribution in [0.15, 0.2) is 36.0 Å². The van der Waals surface area contributed by atoms with Gasteiger partial charge < -0.3 is 24.2 Å². The van der Waals surface area contributed by atoms with Gasteiger partial charge in [-0.05, 0) is 44.3 Å². The number of allylic oxidation sites excluding steroid dienone is 2. The van der Waals surface area contributed by atoms with E-state index >= 15 is 0 Å². The second-order valence-corrected chi connectivity index (χ2v) is 10.1. The Morgan fingerprint density at radius 3 is 2.54 bits per heavy atom. The third-order valence-electron chi connectivity index (χ3n) is 5.97. The van der Waals surface area contributed by atoms with E-state index in [-0.39, 0.29) is 36.8 Å². The molecule has 0 fully saturated rings. The molecule has 1 aliphatic rings. The number of nitrogens with zero attached hydrogens (tertiary/aromatic N) is 1. The second kappa shape index (κ2) is 14.1. The monoisotopic (exact) mass is 493 g/mol. The molecular weight excluding hydrogens is 450 g/mol. The summed E-state index contributed by atoms with van der Waals surface area (Å²) in [6, 6.07) is 0. The first-order valence-electron chi connectivity index (χ1n) is 12.2. The number of rotatable bonds is 6. The maximum atomic E-state index is 12.7. The molecule has 1 heterocycles. The zero-order valence-corrected chi connectivity index (χ0v) is 22.4. The van der Waals surface area contributed by atoms with Crippen LogP contribution in [0.3, 0.4) is 0 Å². The van der Waals surface area contributed by atoms with E-state index in [1.807, 2.05) is 52.0 Å². The molecule has 8 nitrogen and oxygen atoms in total. The molecule has 0 spiro atoms. The van der Waals surface area contributed by atoms with Crippen LogP contribution >= 0.6 is 0 Å². The number of aliphatic hydroxyl groups is 1. The molecule has 0 aromatic heterocycles. The Balaban J connectivity index is 3.09. The van der Waals surface area contributed by atoms with Crippen LogP contribution in [-0.4, -0.2) is 66.5 Å². The largest absolute Gasteiger partial charge is 0.457 e. The lowest BCUT2D eigenvalue weighted by Crippen LogP contribution is -2.41. The normalized spacial score (nSPS) is 30.4. The van der Waals surface area contributed by atoms with Gasteiger partial charge in [-0.15, -0.1) is 0 Å². The summed E-state index contributed by atoms with van der Waals surface area (Å²) in [7, 11) is 3.26. The molecule has 1 N–H and O–H groups in total. The van der Waals surface area contributed by atoms with Gasteiger partial charge in [0.25, 0.3) is 0 Å². The molecule has 6 atom stereocenters. The Labute approximate surface area is 210 Å². The van der Waals surface area contributed by atoms with Gasteiger partial charge in [-0.2, -0.15) is 0 Å². The molecule has 1 aliphatic heterocycles. The summed E-state index contributed by atoms with van der Waals surface area (Å²) >= 11 is 0. The van der Waals surface area contributed by atoms with E-state index in [1.54, 1.807) is 27.1 Å². The third-order valence-corrected chi connectivity index (χ3v) is 5.97. The van der Waals surface area contributed by atoms with Crippen LogP contribution < -0.4 is 0 Å². The van der Waals surface area contributed by atoms with Crippen LogP contribution in [0.25, 0.3) is 0 Å². The number of esters is 2. The maximum absolute atomic E-state index is 12.7. The van der Waals surface area contributed by atoms with E-state index < -0.39 is 29.9 Å². The first-order valence-corrected chi connectivity index (χ1v) is 12.2. The predicted molar refractivity (Wildman–Crippen MR) is 134 cm³/mol. The summed E-state index contributed by atoms with van der Waals surface area (Å²) in [5.41, 5.74) is -0.418. The van der Waals surface area contributed by atoms with E-state index in [9.17, 15) is 19.5 Å². The lowest BCUT2D eigenvalue weighted by Gasteiger charge is -2.32. The number of ether oxygens (including phenoxy) is 3. The molecule has 0 aromatic rings. The molecule has 1 amide bonds. The van der Waals surface area contributed by atoms with Gasteiger partial charge in [0.15, 0.2) is 0 Å². The van der Waals surface area contributed by atoms with Crippen LogP contribution in [0.5, 0.6) is 0 Å². The van der Waals surface area contributed by atoms with Crippen molar-refractivity contribution in [2.24, 2.45) is 17.8 Å². The van der Waals surface area contributed by atoms with Crippen molar-refractivity contribution in [3.8, 4) is 0 Å². The number of cyclic esters (lactones) is 1. The first kappa shape index (κ1) is 30.4. The minimum absolute atomic E-state index is 0.00113. The van der Waals surface area contributed by atoms with Gasteiger partial charge in [0.05, 0.1) is 6.61 Å². The highest BCUT2D eigenvalue weighted by Gasteiger charge is 2.34. The summed E-state index contributed by atoms with van der Waals surface area (Å²) in [6.45, 7) is 10.9. The van der Waals surface area contributed by atoms with Crippen molar-refractivity contribution in [3.63, 3.8) is 0 Å². The topological polar surface area (TPSA) is 102 Å². The molecule has 0 aromatic carbocycles. The van der Waals surface area contributed by atoms with Crippen molar-refractivity contribution in [2.75, 3.05) is 20.7 Å². The predicted octanol–water partition coefficient (Wildman–Crippen LogP) is 4.43. The van der Waals surface area contributed by atoms with Crippen molar-refractivity contribution < 1.29 is 33.7 Å². The van der Waals surface area contributed by atoms with E-state index in [2.05, 4.69) is 0 Å². The summed E-state index contributed by atoms with van der Waals surface area (Å²) in [6.07, 6.45) is 8.63. The standard InChI is InChI=1S/C27H43NO7/c1-18-14-15-27(6,32)23(34-22(5)29)13-12-21(4)25(35-24(30)16-18)20(3)11-9-10-19(2)17-33-26(31)28(7)8/h9-13,18-19,21,23,25,32H,14-17H2,1-8H3/b10-9+,13-12+,20-11+/t18-,19-,21+,23+,25-,27-/m1/s1. The average Bonchev–Trinajstić information content (AvgIpc) is 2.75. The highest BCUT2D eigenvalue weighted by Crippen LogP contribution is 2.28. The molecular formula is C27H43NO7. The highest BCUT2D eigenvalue weighted by atomic mass is 16.6. The summed E-state index contributed by atoms with van der Waals surface area (Å²) in [5, 5.41) is 11.0. The Morgan fingerprint density at radius 1 is 1.29 bits per heavy atom. The molecule has 0 saturated carbocycles. The van der Waals surface area contributed by atoms with E-state index in [0.29, 0.717) is 12.8 Å². The van der Waals surface area contributed by atoms with Gasteiger partial charge in [0.1, 0.15) is 17.8 Å². The van der Waals surface area contributed by atoms with Crippen molar-refractivity contribution >= 4 is 18.0 Å². The number of hydrogen-bond acceptors (Lipinski definition) is 7. The van der Waals surface area contributed by atoms with Crippen molar-refractivity contribution in [1.29, 1.82) is 0 Å². The molecule has 0 aliphatic carbocycles. The van der Waals surface area contributed by atoms with Crippen LogP contribution in [-0.2, 0) is 23.8 Å². The van der Waals surface area contributed by atoms with Gasteiger partial charge in [-0.25, -0.2) is 4.79 Å². The van der Waals surface area contributed by atoms with Crippen molar-refractivity contribution in [1.82, 2.24) is 4.90 Å². The second-order valence-electron chi connectivity index (χ2n) is 10.1. The van der Waals surface area contributed by atoms with Crippen LogP contribution in [0.2, 0.25) is 0 Å². The van der Waals surface area contributed by atoms with Gasteiger partial charge in [-0.1, -0.05) is 45.1 Å². The maximum Gasteiger partial charge on any atom is 0.409 e. The molecule has 0 bridgehead atoms. The van der Waals surface area contributed by atoms with Crippen LogP contribution in [0, 0.1) is 17.8 Å². The van der Waals surface area contributed by atoms with Gasteiger partial charge in [-0.3, -0.25) is 9.59 Å². The zero-order chi connectivity index (χ0) is 26.8. The third kappa shape index (κ3) is 11.1. The molecule has 0 unspecified atom stereocenters. The van der Waals surface area contributed by atoms with E-state index in [1.165, 1.54) is 11.8 Å². The lowest BCUT2D eigenvalue weighted by molar-refractivity contribution is -0.156. The Morgan fingerprint density at radius 2 is 1.94 bits per heavy atom. The molecule has 198 valence electrons. The molecule has 35 heavy (non-hydrogen) atoms. The Hall–Kier alpha value is -2.61. The number of carbonyl (C=O) groups excluding carboxylic acids is 3. The summed E-state index contributed by atoms with van der Waals surface area (Å²) in [5.74, 6) is -0.985. The average molecular weight is 494 g/mol. The fraction of sp³-hybridized carbons (Fsp3) is 0.667. The number of hydrogen-bond donors (Lipinski definition) is 1. The Bertz CT molecular complexity index is 812. The minimum atomic E-state index is -1.26. The van der Waals surface area contributed by atoms with E-state index in [0.717, 1.165) is 5.57 Å². The number of amides is 1. The summed E-state index contributed by atoms with van der Waals surface area (Å²) < 4.78 is 16.5. The van der Waals surface area contributed by atoms with Gasteiger partial charge in [0, 0.05) is 39.3 Å². The highest BCUT2D eigenvalue weighted by molar-refractivity contribution is 5.70. The smallest absolute Gasteiger partial charge is 0.409 e. The lowest BCUT2D eigenvalue weighted by atomic mass is 9.87. The fourth-order valence-corrected chi connectivity index (χ4v) is 3.68. The van der Waals surface area contributed by atoms with Crippen molar-refractivity contribution in [2.45, 2.75) is 78.6 Å².